The predicted molar refractivity (Wildman–Crippen MR) is 78.6 cm³/mol. The van der Waals surface area contributed by atoms with Crippen LogP contribution in [0.2, 0.25) is 0 Å². The Hall–Kier alpha value is -2.10. The van der Waals surface area contributed by atoms with Crippen LogP contribution in [0.1, 0.15) is 36.8 Å². The fraction of sp³-hybridized carbons (Fsp3) is 0.375. The van der Waals surface area contributed by atoms with Crippen molar-refractivity contribution in [3.05, 3.63) is 48.3 Å². The summed E-state index contributed by atoms with van der Waals surface area (Å²) in [5, 5.41) is 0. The minimum atomic E-state index is 0.266. The number of furan rings is 2. The molecule has 2 atom stereocenters. The number of hydrogen-bond donors (Lipinski definition) is 0. The molecule has 4 nitrogen and oxygen atoms in total. The molecule has 20 heavy (non-hydrogen) atoms. The van der Waals surface area contributed by atoms with Crippen molar-refractivity contribution in [1.82, 2.24) is 0 Å². The van der Waals surface area contributed by atoms with Gasteiger partial charge in [-0.25, -0.2) is 0 Å². The highest BCUT2D eigenvalue weighted by atomic mass is 16.3. The van der Waals surface area contributed by atoms with Crippen LogP contribution in [0.3, 0.4) is 0 Å². The molecule has 0 amide bonds. The molecule has 2 aromatic heterocycles. The van der Waals surface area contributed by atoms with Gasteiger partial charge in [0, 0.05) is 23.6 Å². The number of hydrogen-bond acceptors (Lipinski definition) is 4. The highest BCUT2D eigenvalue weighted by Gasteiger charge is 2.23. The lowest BCUT2D eigenvalue weighted by molar-refractivity contribution is 0.390. The number of nitrogens with zero attached hydrogens (tertiary/aromatic N) is 2. The largest absolute Gasteiger partial charge is 0.472 e. The fourth-order valence-electron chi connectivity index (χ4n) is 2.50. The molecule has 104 valence electrons. The summed E-state index contributed by atoms with van der Waals surface area (Å²) in [4.78, 5) is 9.37. The van der Waals surface area contributed by atoms with E-state index < -0.39 is 0 Å². The van der Waals surface area contributed by atoms with Crippen LogP contribution in [0.25, 0.3) is 0 Å². The van der Waals surface area contributed by atoms with Gasteiger partial charge in [0.1, 0.15) is 0 Å². The normalized spacial score (nSPS) is 23.8. The molecule has 2 unspecified atom stereocenters. The molecule has 0 aromatic carbocycles. The van der Waals surface area contributed by atoms with Gasteiger partial charge in [0.05, 0.1) is 37.1 Å². The summed E-state index contributed by atoms with van der Waals surface area (Å²) in [6, 6.07) is 4.36. The summed E-state index contributed by atoms with van der Waals surface area (Å²) in [6.45, 7) is 0. The summed E-state index contributed by atoms with van der Waals surface area (Å²) in [6.07, 6.45) is 15.2. The Morgan fingerprint density at radius 1 is 0.850 bits per heavy atom. The van der Waals surface area contributed by atoms with Crippen molar-refractivity contribution < 1.29 is 8.83 Å². The molecule has 4 heteroatoms. The monoisotopic (exact) mass is 270 g/mol. The van der Waals surface area contributed by atoms with Crippen molar-refractivity contribution >= 4 is 12.4 Å². The summed E-state index contributed by atoms with van der Waals surface area (Å²) in [7, 11) is 0. The molecule has 0 aliphatic heterocycles. The van der Waals surface area contributed by atoms with Gasteiger partial charge in [0.2, 0.25) is 0 Å². The lowest BCUT2D eigenvalue weighted by Crippen LogP contribution is -2.27. The lowest BCUT2D eigenvalue weighted by Gasteiger charge is -2.25. The Kier molecular flexibility index (Phi) is 4.11. The summed E-state index contributed by atoms with van der Waals surface area (Å²) in [5.74, 6) is 0. The third-order valence-electron chi connectivity index (χ3n) is 3.61. The van der Waals surface area contributed by atoms with Crippen molar-refractivity contribution in [1.29, 1.82) is 0 Å². The first kappa shape index (κ1) is 12.9. The number of aliphatic imine (C=N–C) groups is 2. The lowest BCUT2D eigenvalue weighted by atomic mass is 9.91. The molecule has 0 spiro atoms. The van der Waals surface area contributed by atoms with Crippen molar-refractivity contribution in [2.24, 2.45) is 9.98 Å². The molecule has 1 saturated carbocycles. The standard InChI is InChI=1S/C16H18N2O2/c1-2-4-16(18-10-14-6-8-20-12-14)15(3-1)17-9-13-5-7-19-11-13/h5-12,15-16H,1-4H2/b17-9+,18-10+. The van der Waals surface area contributed by atoms with Crippen LogP contribution in [0, 0.1) is 0 Å². The molecular weight excluding hydrogens is 252 g/mol. The zero-order valence-corrected chi connectivity index (χ0v) is 11.3. The molecule has 1 fully saturated rings. The van der Waals surface area contributed by atoms with Crippen LogP contribution in [-0.4, -0.2) is 24.5 Å². The Labute approximate surface area is 118 Å². The van der Waals surface area contributed by atoms with E-state index in [9.17, 15) is 0 Å². The first-order valence-corrected chi connectivity index (χ1v) is 7.02. The third-order valence-corrected chi connectivity index (χ3v) is 3.61. The van der Waals surface area contributed by atoms with E-state index in [0.29, 0.717) is 0 Å². The van der Waals surface area contributed by atoms with Crippen LogP contribution in [0.15, 0.2) is 56.0 Å². The minimum absolute atomic E-state index is 0.266. The van der Waals surface area contributed by atoms with Crippen molar-refractivity contribution in [3.8, 4) is 0 Å². The van der Waals surface area contributed by atoms with E-state index in [1.807, 2.05) is 24.6 Å². The van der Waals surface area contributed by atoms with Gasteiger partial charge < -0.3 is 8.83 Å². The van der Waals surface area contributed by atoms with Crippen LogP contribution >= 0.6 is 0 Å². The van der Waals surface area contributed by atoms with Gasteiger partial charge in [-0.2, -0.15) is 0 Å². The maximum Gasteiger partial charge on any atom is 0.0990 e. The van der Waals surface area contributed by atoms with E-state index in [0.717, 1.165) is 24.0 Å². The highest BCUT2D eigenvalue weighted by molar-refractivity contribution is 5.80. The summed E-state index contributed by atoms with van der Waals surface area (Å²) in [5.41, 5.74) is 2.02. The second-order valence-electron chi connectivity index (χ2n) is 5.09. The summed E-state index contributed by atoms with van der Waals surface area (Å²) < 4.78 is 10.1. The van der Waals surface area contributed by atoms with Crippen LogP contribution < -0.4 is 0 Å². The first-order valence-electron chi connectivity index (χ1n) is 7.02. The molecular formula is C16H18N2O2. The molecule has 0 bridgehead atoms. The SMILES string of the molecule is C(=N\C1CCCCC1/N=C/c1ccoc1)/c1ccoc1. The molecule has 3 rings (SSSR count). The Bertz CT molecular complexity index is 503. The van der Waals surface area contributed by atoms with Crippen molar-refractivity contribution in [3.63, 3.8) is 0 Å². The topological polar surface area (TPSA) is 51.0 Å². The minimum Gasteiger partial charge on any atom is -0.472 e. The van der Waals surface area contributed by atoms with Crippen molar-refractivity contribution in [2.45, 2.75) is 37.8 Å². The maximum atomic E-state index is 5.05. The van der Waals surface area contributed by atoms with Crippen LogP contribution in [0.4, 0.5) is 0 Å². The van der Waals surface area contributed by atoms with Gasteiger partial charge in [0.25, 0.3) is 0 Å². The van der Waals surface area contributed by atoms with Gasteiger partial charge in [-0.15, -0.1) is 0 Å². The average molecular weight is 270 g/mol. The third kappa shape index (κ3) is 3.26. The van der Waals surface area contributed by atoms with Gasteiger partial charge in [-0.05, 0) is 25.0 Å². The number of rotatable bonds is 4. The van der Waals surface area contributed by atoms with Crippen LogP contribution in [0.5, 0.6) is 0 Å². The van der Waals surface area contributed by atoms with Crippen LogP contribution in [-0.2, 0) is 0 Å². The quantitative estimate of drug-likeness (QED) is 0.795. The summed E-state index contributed by atoms with van der Waals surface area (Å²) >= 11 is 0. The van der Waals surface area contributed by atoms with Crippen molar-refractivity contribution in [2.75, 3.05) is 0 Å². The van der Waals surface area contributed by atoms with Gasteiger partial charge in [0.15, 0.2) is 0 Å². The van der Waals surface area contributed by atoms with E-state index in [2.05, 4.69) is 9.98 Å². The smallest absolute Gasteiger partial charge is 0.0990 e. The van der Waals surface area contributed by atoms with E-state index in [-0.39, 0.29) is 12.1 Å². The molecule has 1 aliphatic rings. The molecule has 2 aromatic rings. The highest BCUT2D eigenvalue weighted by Crippen LogP contribution is 2.24. The molecule has 0 saturated heterocycles. The maximum absolute atomic E-state index is 5.05. The Morgan fingerprint density at radius 2 is 1.35 bits per heavy atom. The predicted octanol–water partition coefficient (Wildman–Crippen LogP) is 3.72. The fourth-order valence-corrected chi connectivity index (χ4v) is 2.50. The van der Waals surface area contributed by atoms with Gasteiger partial charge in [-0.3, -0.25) is 9.98 Å². The molecule has 2 heterocycles. The van der Waals surface area contributed by atoms with Gasteiger partial charge in [-0.1, -0.05) is 12.8 Å². The van der Waals surface area contributed by atoms with E-state index in [1.54, 1.807) is 25.1 Å². The second-order valence-corrected chi connectivity index (χ2v) is 5.09. The van der Waals surface area contributed by atoms with E-state index >= 15 is 0 Å². The van der Waals surface area contributed by atoms with E-state index in [1.165, 1.54) is 12.8 Å². The average Bonchev–Trinajstić information content (AvgIpc) is 3.17. The molecule has 0 N–H and O–H groups in total. The second kappa shape index (κ2) is 6.37. The molecule has 0 radical (unpaired) electrons. The first-order chi connectivity index (χ1) is 9.92. The Balaban J connectivity index is 1.67. The Morgan fingerprint density at radius 3 is 1.75 bits per heavy atom. The van der Waals surface area contributed by atoms with Gasteiger partial charge >= 0.3 is 0 Å². The zero-order valence-electron chi connectivity index (χ0n) is 11.3. The van der Waals surface area contributed by atoms with E-state index in [4.69, 9.17) is 8.83 Å². The zero-order chi connectivity index (χ0) is 13.6. The molecule has 1 aliphatic carbocycles.